The minimum atomic E-state index is -0.726. The highest BCUT2D eigenvalue weighted by molar-refractivity contribution is 5.67. The molecule has 1 aliphatic rings. The first-order valence-corrected chi connectivity index (χ1v) is 6.65. The zero-order valence-electron chi connectivity index (χ0n) is 11.2. The number of piperidine rings is 1. The van der Waals surface area contributed by atoms with Gasteiger partial charge in [-0.25, -0.2) is 4.98 Å². The van der Waals surface area contributed by atoms with Gasteiger partial charge in [-0.05, 0) is 25.5 Å². The molecule has 5 nitrogen and oxygen atoms in total. The predicted molar refractivity (Wildman–Crippen MR) is 71.1 cm³/mol. The second-order valence-corrected chi connectivity index (χ2v) is 4.89. The Balaban J connectivity index is 2.03. The summed E-state index contributed by atoms with van der Waals surface area (Å²) in [5, 5.41) is 8.97. The van der Waals surface area contributed by atoms with Crippen molar-refractivity contribution in [3.05, 3.63) is 23.9 Å². The summed E-state index contributed by atoms with van der Waals surface area (Å²) < 4.78 is 5.11. The van der Waals surface area contributed by atoms with Crippen LogP contribution in [0.4, 0.5) is 0 Å². The lowest BCUT2D eigenvalue weighted by Gasteiger charge is -2.34. The fourth-order valence-corrected chi connectivity index (χ4v) is 2.57. The molecule has 0 spiro atoms. The second-order valence-electron chi connectivity index (χ2n) is 4.89. The lowest BCUT2D eigenvalue weighted by Crippen LogP contribution is -2.40. The van der Waals surface area contributed by atoms with E-state index >= 15 is 0 Å². The average molecular weight is 264 g/mol. The van der Waals surface area contributed by atoms with E-state index in [0.717, 1.165) is 31.5 Å². The molecule has 1 unspecified atom stereocenters. The fourth-order valence-electron chi connectivity index (χ4n) is 2.57. The van der Waals surface area contributed by atoms with Gasteiger partial charge in [0.2, 0.25) is 5.88 Å². The van der Waals surface area contributed by atoms with Crippen molar-refractivity contribution in [3.8, 4) is 5.88 Å². The molecule has 2 heterocycles. The topological polar surface area (TPSA) is 62.7 Å². The quantitative estimate of drug-likeness (QED) is 0.880. The molecule has 1 aromatic heterocycles. The van der Waals surface area contributed by atoms with Gasteiger partial charge in [0.15, 0.2) is 0 Å². The zero-order chi connectivity index (χ0) is 13.7. The summed E-state index contributed by atoms with van der Waals surface area (Å²) in [7, 11) is 1.60. The van der Waals surface area contributed by atoms with Crippen LogP contribution >= 0.6 is 0 Å². The monoisotopic (exact) mass is 264 g/mol. The van der Waals surface area contributed by atoms with Crippen molar-refractivity contribution in [3.63, 3.8) is 0 Å². The number of carbonyl (C=O) groups is 1. The van der Waals surface area contributed by atoms with Crippen LogP contribution in [-0.4, -0.2) is 40.7 Å². The van der Waals surface area contributed by atoms with Gasteiger partial charge in [0.25, 0.3) is 0 Å². The van der Waals surface area contributed by atoms with Gasteiger partial charge in [0.1, 0.15) is 0 Å². The molecule has 0 saturated carbocycles. The average Bonchev–Trinajstić information content (AvgIpc) is 2.41. The summed E-state index contributed by atoms with van der Waals surface area (Å²) in [6.07, 6.45) is 3.40. The Labute approximate surface area is 113 Å². The Bertz CT molecular complexity index is 436. The molecule has 0 bridgehead atoms. The van der Waals surface area contributed by atoms with Gasteiger partial charge in [-0.1, -0.05) is 12.5 Å². The number of hydrogen-bond acceptors (Lipinski definition) is 4. The number of aliphatic carboxylic acids is 1. The first-order chi connectivity index (χ1) is 9.19. The maximum atomic E-state index is 10.9. The summed E-state index contributed by atoms with van der Waals surface area (Å²) in [6, 6.07) is 5.81. The van der Waals surface area contributed by atoms with E-state index in [1.165, 1.54) is 0 Å². The van der Waals surface area contributed by atoms with Crippen molar-refractivity contribution in [1.29, 1.82) is 0 Å². The summed E-state index contributed by atoms with van der Waals surface area (Å²) in [4.78, 5) is 17.5. The van der Waals surface area contributed by atoms with E-state index in [0.29, 0.717) is 12.4 Å². The van der Waals surface area contributed by atoms with Gasteiger partial charge in [-0.15, -0.1) is 0 Å². The molecule has 1 saturated heterocycles. The number of nitrogens with zero attached hydrogens (tertiary/aromatic N) is 2. The molecule has 2 rings (SSSR count). The molecule has 5 heteroatoms. The summed E-state index contributed by atoms with van der Waals surface area (Å²) in [6.45, 7) is 1.63. The zero-order valence-corrected chi connectivity index (χ0v) is 11.2. The van der Waals surface area contributed by atoms with Gasteiger partial charge in [-0.2, -0.15) is 0 Å². The number of likely N-dealkylation sites (tertiary alicyclic amines) is 1. The number of aromatic nitrogens is 1. The van der Waals surface area contributed by atoms with Crippen LogP contribution in [0.5, 0.6) is 5.88 Å². The van der Waals surface area contributed by atoms with E-state index < -0.39 is 5.97 Å². The number of hydrogen-bond donors (Lipinski definition) is 1. The van der Waals surface area contributed by atoms with Gasteiger partial charge < -0.3 is 9.84 Å². The van der Waals surface area contributed by atoms with Gasteiger partial charge >= 0.3 is 5.97 Å². The van der Waals surface area contributed by atoms with Crippen LogP contribution in [0.3, 0.4) is 0 Å². The van der Waals surface area contributed by atoms with E-state index in [4.69, 9.17) is 9.84 Å². The van der Waals surface area contributed by atoms with Crippen LogP contribution in [0.25, 0.3) is 0 Å². The lowest BCUT2D eigenvalue weighted by atomic mass is 9.99. The minimum Gasteiger partial charge on any atom is -0.481 e. The second kappa shape index (κ2) is 6.52. The highest BCUT2D eigenvalue weighted by atomic mass is 16.5. The molecule has 104 valence electrons. The van der Waals surface area contributed by atoms with Crippen LogP contribution in [-0.2, 0) is 11.3 Å². The van der Waals surface area contributed by atoms with Crippen LogP contribution in [0, 0.1) is 0 Å². The molecule has 0 aliphatic carbocycles. The van der Waals surface area contributed by atoms with Crippen LogP contribution in [0.2, 0.25) is 0 Å². The van der Waals surface area contributed by atoms with E-state index in [1.807, 2.05) is 18.2 Å². The molecule has 1 N–H and O–H groups in total. The van der Waals surface area contributed by atoms with Crippen molar-refractivity contribution in [2.24, 2.45) is 0 Å². The largest absolute Gasteiger partial charge is 0.481 e. The number of rotatable bonds is 5. The molecule has 0 radical (unpaired) electrons. The maximum Gasteiger partial charge on any atom is 0.304 e. The minimum absolute atomic E-state index is 0.124. The van der Waals surface area contributed by atoms with E-state index in [-0.39, 0.29) is 12.5 Å². The number of carboxylic acid groups (broad SMARTS) is 1. The molecule has 0 amide bonds. The number of carboxylic acids is 1. The predicted octanol–water partition coefficient (Wildman–Crippen LogP) is 1.92. The normalized spacial score (nSPS) is 20.2. The number of ether oxygens (including phenoxy) is 1. The molecular weight excluding hydrogens is 244 g/mol. The van der Waals surface area contributed by atoms with E-state index in [1.54, 1.807) is 7.11 Å². The van der Waals surface area contributed by atoms with Crippen molar-refractivity contribution < 1.29 is 14.6 Å². The Morgan fingerprint density at radius 3 is 3.11 bits per heavy atom. The SMILES string of the molecule is COc1cccc(CN2CCCCC2CC(=O)O)n1. The van der Waals surface area contributed by atoms with Crippen molar-refractivity contribution in [1.82, 2.24) is 9.88 Å². The third kappa shape index (κ3) is 3.92. The Morgan fingerprint density at radius 1 is 1.53 bits per heavy atom. The van der Waals surface area contributed by atoms with Crippen molar-refractivity contribution in [2.45, 2.75) is 38.3 Å². The molecule has 1 atom stereocenters. The van der Waals surface area contributed by atoms with Crippen LogP contribution < -0.4 is 4.74 Å². The Morgan fingerprint density at radius 2 is 2.37 bits per heavy atom. The molecule has 1 aromatic rings. The summed E-state index contributed by atoms with van der Waals surface area (Å²) >= 11 is 0. The maximum absolute atomic E-state index is 10.9. The third-order valence-corrected chi connectivity index (χ3v) is 3.51. The number of pyridine rings is 1. The van der Waals surface area contributed by atoms with Crippen molar-refractivity contribution >= 4 is 5.97 Å². The molecule has 0 aromatic carbocycles. The summed E-state index contributed by atoms with van der Waals surface area (Å²) in [5.41, 5.74) is 0.927. The van der Waals surface area contributed by atoms with Crippen molar-refractivity contribution in [2.75, 3.05) is 13.7 Å². The smallest absolute Gasteiger partial charge is 0.304 e. The first-order valence-electron chi connectivity index (χ1n) is 6.65. The Kier molecular flexibility index (Phi) is 4.74. The highest BCUT2D eigenvalue weighted by Gasteiger charge is 2.24. The first kappa shape index (κ1) is 13.8. The third-order valence-electron chi connectivity index (χ3n) is 3.51. The standard InChI is InChI=1S/C14H20N2O3/c1-19-13-7-4-5-11(15-13)10-16-8-3-2-6-12(16)9-14(17)18/h4-5,7,12H,2-3,6,8-10H2,1H3,(H,17,18). The summed E-state index contributed by atoms with van der Waals surface area (Å²) in [5.74, 6) is -0.125. The molecule has 1 fully saturated rings. The number of methoxy groups -OCH3 is 1. The van der Waals surface area contributed by atoms with Gasteiger partial charge in [-0.3, -0.25) is 9.69 Å². The molecular formula is C14H20N2O3. The van der Waals surface area contributed by atoms with Crippen LogP contribution in [0.15, 0.2) is 18.2 Å². The molecule has 19 heavy (non-hydrogen) atoms. The Hall–Kier alpha value is -1.62. The van der Waals surface area contributed by atoms with E-state index in [9.17, 15) is 4.79 Å². The van der Waals surface area contributed by atoms with Gasteiger partial charge in [0.05, 0.1) is 19.2 Å². The lowest BCUT2D eigenvalue weighted by molar-refractivity contribution is -0.138. The van der Waals surface area contributed by atoms with Crippen LogP contribution in [0.1, 0.15) is 31.4 Å². The highest BCUT2D eigenvalue weighted by Crippen LogP contribution is 2.22. The van der Waals surface area contributed by atoms with E-state index in [2.05, 4.69) is 9.88 Å². The fraction of sp³-hybridized carbons (Fsp3) is 0.571. The molecule has 1 aliphatic heterocycles. The van der Waals surface area contributed by atoms with Gasteiger partial charge in [0, 0.05) is 18.7 Å².